The van der Waals surface area contributed by atoms with Gasteiger partial charge in [0.1, 0.15) is 12.6 Å². The molecule has 3 rings (SSSR count). The minimum absolute atomic E-state index is 0.00704. The van der Waals surface area contributed by atoms with Crippen LogP contribution in [0.1, 0.15) is 43.7 Å². The Morgan fingerprint density at radius 2 is 2.03 bits per heavy atom. The summed E-state index contributed by atoms with van der Waals surface area (Å²) in [6.07, 6.45) is 0.939. The molecule has 1 fully saturated rings. The molecule has 0 saturated carbocycles. The van der Waals surface area contributed by atoms with E-state index in [-0.39, 0.29) is 12.3 Å². The zero-order chi connectivity index (χ0) is 23.3. The summed E-state index contributed by atoms with van der Waals surface area (Å²) in [7, 11) is 0. The van der Waals surface area contributed by atoms with Gasteiger partial charge in [-0.15, -0.1) is 0 Å². The molecule has 0 bridgehead atoms. The van der Waals surface area contributed by atoms with Gasteiger partial charge in [0, 0.05) is 33.9 Å². The Kier molecular flexibility index (Phi) is 7.74. The minimum atomic E-state index is -1.05. The first-order chi connectivity index (χ1) is 15.3. The van der Waals surface area contributed by atoms with Crippen molar-refractivity contribution in [3.05, 3.63) is 63.7 Å². The quantitative estimate of drug-likeness (QED) is 0.433. The van der Waals surface area contributed by atoms with Crippen molar-refractivity contribution in [2.45, 2.75) is 54.9 Å². The molecule has 0 radical (unpaired) electrons. The predicted molar refractivity (Wildman–Crippen MR) is 120 cm³/mol. The van der Waals surface area contributed by atoms with Crippen molar-refractivity contribution in [2.24, 2.45) is 0 Å². The first-order valence-corrected chi connectivity index (χ1v) is 11.3. The van der Waals surface area contributed by atoms with Gasteiger partial charge in [0.15, 0.2) is 0 Å². The summed E-state index contributed by atoms with van der Waals surface area (Å²) in [6, 6.07) is 12.3. The third-order valence-electron chi connectivity index (χ3n) is 5.52. The molecule has 9 heteroatoms. The zero-order valence-electron chi connectivity index (χ0n) is 18.0. The first kappa shape index (κ1) is 23.6. The van der Waals surface area contributed by atoms with E-state index in [1.807, 2.05) is 43.3 Å². The molecule has 1 amide bonds. The maximum absolute atomic E-state index is 12.4. The van der Waals surface area contributed by atoms with Crippen LogP contribution >= 0.6 is 11.8 Å². The van der Waals surface area contributed by atoms with Crippen LogP contribution in [0.25, 0.3) is 0 Å². The Morgan fingerprint density at radius 3 is 2.66 bits per heavy atom. The number of carboxylic acid groups (broad SMARTS) is 1. The summed E-state index contributed by atoms with van der Waals surface area (Å²) in [6.45, 7) is 3.96. The third kappa shape index (κ3) is 5.40. The standard InChI is InChI=1S/C23H26N2O6S/c1-3-16-12-20(25(29)30)18(13-21(16)32-17-8-5-4-6-9-17)15(2)14-31-23(28)24-11-7-10-19(24)22(26)27/h4-6,8-9,12-13,15,19H,3,7,10-11,14H2,1-2H3,(H,26,27). The van der Waals surface area contributed by atoms with Gasteiger partial charge in [0.2, 0.25) is 0 Å². The van der Waals surface area contributed by atoms with Gasteiger partial charge in [0.05, 0.1) is 4.92 Å². The van der Waals surface area contributed by atoms with Gasteiger partial charge in [-0.1, -0.05) is 43.8 Å². The molecule has 170 valence electrons. The molecule has 1 N–H and O–H groups in total. The van der Waals surface area contributed by atoms with Crippen LogP contribution in [-0.2, 0) is 16.0 Å². The van der Waals surface area contributed by atoms with Gasteiger partial charge in [-0.05, 0) is 43.0 Å². The number of benzene rings is 2. The summed E-state index contributed by atoms with van der Waals surface area (Å²) in [4.78, 5) is 38.2. The van der Waals surface area contributed by atoms with Crippen molar-refractivity contribution in [2.75, 3.05) is 13.2 Å². The molecule has 1 aliphatic heterocycles. The zero-order valence-corrected chi connectivity index (χ0v) is 18.8. The highest BCUT2D eigenvalue weighted by atomic mass is 32.2. The summed E-state index contributed by atoms with van der Waals surface area (Å²) in [5, 5.41) is 21.0. The normalized spacial score (nSPS) is 16.6. The number of carboxylic acids is 1. The van der Waals surface area contributed by atoms with Crippen LogP contribution in [0.2, 0.25) is 0 Å². The van der Waals surface area contributed by atoms with Gasteiger partial charge in [-0.3, -0.25) is 15.0 Å². The van der Waals surface area contributed by atoms with E-state index in [4.69, 9.17) is 4.74 Å². The van der Waals surface area contributed by atoms with Gasteiger partial charge in [0.25, 0.3) is 5.69 Å². The van der Waals surface area contributed by atoms with E-state index in [2.05, 4.69) is 0 Å². The van der Waals surface area contributed by atoms with Crippen LogP contribution in [0.15, 0.2) is 52.3 Å². The fraction of sp³-hybridized carbons (Fsp3) is 0.391. The summed E-state index contributed by atoms with van der Waals surface area (Å²) < 4.78 is 5.37. The summed E-state index contributed by atoms with van der Waals surface area (Å²) in [5.41, 5.74) is 1.35. The fourth-order valence-corrected chi connectivity index (χ4v) is 4.85. The monoisotopic (exact) mass is 458 g/mol. The molecule has 2 aromatic carbocycles. The molecule has 1 saturated heterocycles. The molecule has 32 heavy (non-hydrogen) atoms. The largest absolute Gasteiger partial charge is 0.480 e. The molecule has 0 aromatic heterocycles. The Labute approximate surface area is 190 Å². The number of aliphatic carboxylic acids is 1. The Morgan fingerprint density at radius 1 is 1.31 bits per heavy atom. The molecule has 2 atom stereocenters. The number of nitro benzene ring substituents is 1. The van der Waals surface area contributed by atoms with Crippen LogP contribution in [0, 0.1) is 10.1 Å². The Balaban J connectivity index is 1.81. The van der Waals surface area contributed by atoms with Crippen molar-refractivity contribution in [3.63, 3.8) is 0 Å². The number of carbonyl (C=O) groups is 2. The smallest absolute Gasteiger partial charge is 0.410 e. The number of rotatable bonds is 8. The van der Waals surface area contributed by atoms with Crippen molar-refractivity contribution in [3.8, 4) is 0 Å². The van der Waals surface area contributed by atoms with E-state index in [1.165, 1.54) is 16.7 Å². The van der Waals surface area contributed by atoms with Crippen LogP contribution in [0.4, 0.5) is 10.5 Å². The molecular weight excluding hydrogens is 432 g/mol. The number of carbonyl (C=O) groups excluding carboxylic acids is 1. The average Bonchev–Trinajstić information content (AvgIpc) is 3.28. The molecule has 2 unspecified atom stereocenters. The number of likely N-dealkylation sites (tertiary alicyclic amines) is 1. The van der Waals surface area contributed by atoms with E-state index in [9.17, 15) is 24.8 Å². The second-order valence-electron chi connectivity index (χ2n) is 7.71. The van der Waals surface area contributed by atoms with Crippen molar-refractivity contribution >= 4 is 29.5 Å². The van der Waals surface area contributed by atoms with E-state index in [0.717, 1.165) is 15.4 Å². The van der Waals surface area contributed by atoms with Gasteiger partial charge in [-0.25, -0.2) is 9.59 Å². The maximum atomic E-state index is 12.4. The number of amides is 1. The number of nitro groups is 1. The lowest BCUT2D eigenvalue weighted by Gasteiger charge is -2.22. The molecule has 0 aliphatic carbocycles. The SMILES string of the molecule is CCc1cc([N+](=O)[O-])c(C(C)COC(=O)N2CCCC2C(=O)O)cc1Sc1ccccc1. The molecule has 2 aromatic rings. The van der Waals surface area contributed by atoms with Crippen molar-refractivity contribution in [1.29, 1.82) is 0 Å². The first-order valence-electron chi connectivity index (χ1n) is 10.5. The number of hydrogen-bond acceptors (Lipinski definition) is 6. The van der Waals surface area contributed by atoms with Gasteiger partial charge >= 0.3 is 12.1 Å². The fourth-order valence-electron chi connectivity index (χ4n) is 3.78. The lowest BCUT2D eigenvalue weighted by atomic mass is 9.97. The Hall–Kier alpha value is -3.07. The van der Waals surface area contributed by atoms with Crippen LogP contribution in [0.3, 0.4) is 0 Å². The summed E-state index contributed by atoms with van der Waals surface area (Å²) >= 11 is 1.54. The molecule has 8 nitrogen and oxygen atoms in total. The molecule has 1 heterocycles. The van der Waals surface area contributed by atoms with Crippen LogP contribution in [-0.4, -0.2) is 46.2 Å². The lowest BCUT2D eigenvalue weighted by Crippen LogP contribution is -2.41. The minimum Gasteiger partial charge on any atom is -0.480 e. The lowest BCUT2D eigenvalue weighted by molar-refractivity contribution is -0.385. The molecule has 1 aliphatic rings. The van der Waals surface area contributed by atoms with Crippen molar-refractivity contribution < 1.29 is 24.4 Å². The second kappa shape index (κ2) is 10.5. The second-order valence-corrected chi connectivity index (χ2v) is 8.83. The summed E-state index contributed by atoms with van der Waals surface area (Å²) in [5.74, 6) is -1.49. The maximum Gasteiger partial charge on any atom is 0.410 e. The van der Waals surface area contributed by atoms with Crippen LogP contribution in [0.5, 0.6) is 0 Å². The highest BCUT2D eigenvalue weighted by Gasteiger charge is 2.35. The van der Waals surface area contributed by atoms with E-state index in [1.54, 1.807) is 13.0 Å². The third-order valence-corrected chi connectivity index (χ3v) is 6.63. The highest BCUT2D eigenvalue weighted by molar-refractivity contribution is 7.99. The van der Waals surface area contributed by atoms with Gasteiger partial charge in [-0.2, -0.15) is 0 Å². The molecule has 0 spiro atoms. The number of aryl methyl sites for hydroxylation is 1. The van der Waals surface area contributed by atoms with Gasteiger partial charge < -0.3 is 9.84 Å². The number of ether oxygens (including phenoxy) is 1. The number of nitrogens with zero attached hydrogens (tertiary/aromatic N) is 2. The number of hydrogen-bond donors (Lipinski definition) is 1. The van der Waals surface area contributed by atoms with E-state index in [0.29, 0.717) is 31.4 Å². The van der Waals surface area contributed by atoms with E-state index >= 15 is 0 Å². The van der Waals surface area contributed by atoms with E-state index < -0.39 is 28.9 Å². The van der Waals surface area contributed by atoms with Crippen LogP contribution < -0.4 is 0 Å². The topological polar surface area (TPSA) is 110 Å². The Bertz CT molecular complexity index is 997. The average molecular weight is 459 g/mol. The predicted octanol–water partition coefficient (Wildman–Crippen LogP) is 5.10. The highest BCUT2D eigenvalue weighted by Crippen LogP contribution is 2.38. The van der Waals surface area contributed by atoms with Crippen molar-refractivity contribution in [1.82, 2.24) is 4.90 Å². The molecular formula is C23H26N2O6S.